The fraction of sp³-hybridized carbons (Fsp3) is 0.846. The molecular formula is C13H23N3OS. The molecule has 4 nitrogen and oxygen atoms in total. The van der Waals surface area contributed by atoms with E-state index in [4.69, 9.17) is 10.3 Å². The summed E-state index contributed by atoms with van der Waals surface area (Å²) >= 11 is 1.94. The van der Waals surface area contributed by atoms with Gasteiger partial charge in [0.25, 0.3) is 0 Å². The van der Waals surface area contributed by atoms with Gasteiger partial charge in [0.1, 0.15) is 0 Å². The third kappa shape index (κ3) is 3.48. The quantitative estimate of drug-likeness (QED) is 0.908. The molecule has 1 saturated carbocycles. The molecule has 1 aromatic rings. The molecule has 0 amide bonds. The van der Waals surface area contributed by atoms with E-state index in [0.717, 1.165) is 16.8 Å². The van der Waals surface area contributed by atoms with Gasteiger partial charge in [0.2, 0.25) is 5.89 Å². The first-order valence-corrected chi connectivity index (χ1v) is 7.71. The SMILES string of the molecule is CC(C)(C)[C@H](N)c1nc(CSC2CCCC2)no1. The molecule has 0 unspecified atom stereocenters. The molecule has 5 heteroatoms. The molecule has 0 saturated heterocycles. The van der Waals surface area contributed by atoms with Gasteiger partial charge in [0, 0.05) is 5.25 Å². The standard InChI is InChI=1S/C13H23N3OS/c1-13(2,3)11(14)12-15-10(16-17-12)8-18-9-6-4-5-7-9/h9,11H,4-8,14H2,1-3H3/t11-/m1/s1. The van der Waals surface area contributed by atoms with Gasteiger partial charge in [-0.3, -0.25) is 0 Å². The van der Waals surface area contributed by atoms with Gasteiger partial charge in [0.15, 0.2) is 5.82 Å². The summed E-state index contributed by atoms with van der Waals surface area (Å²) in [5.74, 6) is 2.18. The summed E-state index contributed by atoms with van der Waals surface area (Å²) in [4.78, 5) is 4.41. The molecule has 1 atom stereocenters. The monoisotopic (exact) mass is 269 g/mol. The number of nitrogens with two attached hydrogens (primary N) is 1. The molecule has 2 rings (SSSR count). The largest absolute Gasteiger partial charge is 0.338 e. The highest BCUT2D eigenvalue weighted by Gasteiger charge is 2.27. The number of hydrogen-bond acceptors (Lipinski definition) is 5. The maximum atomic E-state index is 6.10. The van der Waals surface area contributed by atoms with Crippen molar-refractivity contribution in [1.29, 1.82) is 0 Å². The Labute approximate surface area is 113 Å². The lowest BCUT2D eigenvalue weighted by atomic mass is 9.87. The van der Waals surface area contributed by atoms with E-state index < -0.39 is 0 Å². The summed E-state index contributed by atoms with van der Waals surface area (Å²) in [6.07, 6.45) is 5.39. The zero-order valence-electron chi connectivity index (χ0n) is 11.5. The van der Waals surface area contributed by atoms with E-state index in [2.05, 4.69) is 30.9 Å². The summed E-state index contributed by atoms with van der Waals surface area (Å²) in [7, 11) is 0. The third-order valence-electron chi connectivity index (χ3n) is 3.43. The number of hydrogen-bond donors (Lipinski definition) is 1. The molecule has 1 fully saturated rings. The van der Waals surface area contributed by atoms with E-state index in [0.29, 0.717) is 5.89 Å². The van der Waals surface area contributed by atoms with Gasteiger partial charge in [-0.25, -0.2) is 0 Å². The molecule has 0 bridgehead atoms. The van der Waals surface area contributed by atoms with Crippen molar-refractivity contribution in [2.24, 2.45) is 11.1 Å². The van der Waals surface area contributed by atoms with E-state index in [9.17, 15) is 0 Å². The zero-order chi connectivity index (χ0) is 13.2. The number of nitrogens with zero attached hydrogens (tertiary/aromatic N) is 2. The fourth-order valence-electron chi connectivity index (χ4n) is 2.07. The maximum Gasteiger partial charge on any atom is 0.244 e. The van der Waals surface area contributed by atoms with E-state index in [1.165, 1.54) is 25.7 Å². The Bertz CT molecular complexity index is 380. The highest BCUT2D eigenvalue weighted by atomic mass is 32.2. The van der Waals surface area contributed by atoms with Gasteiger partial charge in [-0.1, -0.05) is 38.8 Å². The van der Waals surface area contributed by atoms with Gasteiger partial charge >= 0.3 is 0 Å². The predicted molar refractivity (Wildman–Crippen MR) is 74.2 cm³/mol. The van der Waals surface area contributed by atoms with Crippen LogP contribution in [0.1, 0.15) is 64.2 Å². The average molecular weight is 269 g/mol. The Hall–Kier alpha value is -0.550. The lowest BCUT2D eigenvalue weighted by molar-refractivity contribution is 0.252. The minimum Gasteiger partial charge on any atom is -0.338 e. The second-order valence-corrected chi connectivity index (χ2v) is 7.40. The average Bonchev–Trinajstić information content (AvgIpc) is 2.95. The Kier molecular flexibility index (Phi) is 4.33. The van der Waals surface area contributed by atoms with Crippen molar-refractivity contribution < 1.29 is 4.52 Å². The van der Waals surface area contributed by atoms with E-state index in [1.807, 2.05) is 11.8 Å². The van der Waals surface area contributed by atoms with Gasteiger partial charge in [-0.05, 0) is 18.3 Å². The molecule has 0 aromatic carbocycles. The highest BCUT2D eigenvalue weighted by molar-refractivity contribution is 7.99. The first-order chi connectivity index (χ1) is 8.47. The highest BCUT2D eigenvalue weighted by Crippen LogP contribution is 2.32. The van der Waals surface area contributed by atoms with Crippen LogP contribution < -0.4 is 5.73 Å². The molecule has 1 aliphatic carbocycles. The number of rotatable bonds is 4. The maximum absolute atomic E-state index is 6.10. The van der Waals surface area contributed by atoms with Crippen LogP contribution in [-0.2, 0) is 5.75 Å². The second-order valence-electron chi connectivity index (χ2n) is 6.11. The van der Waals surface area contributed by atoms with Crippen molar-refractivity contribution in [3.05, 3.63) is 11.7 Å². The van der Waals surface area contributed by atoms with Crippen molar-refractivity contribution >= 4 is 11.8 Å². The topological polar surface area (TPSA) is 64.9 Å². The predicted octanol–water partition coefficient (Wildman–Crippen LogP) is 3.29. The molecule has 1 heterocycles. The van der Waals surface area contributed by atoms with Gasteiger partial charge in [-0.15, -0.1) is 0 Å². The summed E-state index contributed by atoms with van der Waals surface area (Å²) in [6, 6.07) is -0.199. The van der Waals surface area contributed by atoms with Crippen molar-refractivity contribution in [1.82, 2.24) is 10.1 Å². The second kappa shape index (κ2) is 5.61. The van der Waals surface area contributed by atoms with E-state index in [-0.39, 0.29) is 11.5 Å². The van der Waals surface area contributed by atoms with Crippen LogP contribution in [0.25, 0.3) is 0 Å². The lowest BCUT2D eigenvalue weighted by Gasteiger charge is -2.23. The van der Waals surface area contributed by atoms with Crippen LogP contribution in [0.5, 0.6) is 0 Å². The summed E-state index contributed by atoms with van der Waals surface area (Å²) in [5, 5.41) is 4.81. The molecule has 0 spiro atoms. The van der Waals surface area contributed by atoms with Gasteiger partial charge in [0.05, 0.1) is 11.8 Å². The third-order valence-corrected chi connectivity index (χ3v) is 4.80. The van der Waals surface area contributed by atoms with E-state index in [1.54, 1.807) is 0 Å². The normalized spacial score (nSPS) is 19.3. The molecule has 0 radical (unpaired) electrons. The van der Waals surface area contributed by atoms with Gasteiger partial charge in [-0.2, -0.15) is 16.7 Å². The zero-order valence-corrected chi connectivity index (χ0v) is 12.3. The van der Waals surface area contributed by atoms with Crippen LogP contribution in [0.2, 0.25) is 0 Å². The molecule has 18 heavy (non-hydrogen) atoms. The van der Waals surface area contributed by atoms with E-state index >= 15 is 0 Å². The van der Waals surface area contributed by atoms with Crippen molar-refractivity contribution in [2.75, 3.05) is 0 Å². The van der Waals surface area contributed by atoms with Crippen LogP contribution in [0.3, 0.4) is 0 Å². The van der Waals surface area contributed by atoms with Crippen molar-refractivity contribution in [2.45, 2.75) is 63.5 Å². The first kappa shape index (κ1) is 13.9. The minimum atomic E-state index is -0.199. The van der Waals surface area contributed by atoms with Crippen LogP contribution >= 0.6 is 11.8 Å². The van der Waals surface area contributed by atoms with Crippen LogP contribution in [-0.4, -0.2) is 15.4 Å². The number of thioether (sulfide) groups is 1. The van der Waals surface area contributed by atoms with Gasteiger partial charge < -0.3 is 10.3 Å². The Morgan fingerprint density at radius 3 is 2.67 bits per heavy atom. The molecular weight excluding hydrogens is 246 g/mol. The van der Waals surface area contributed by atoms with Crippen LogP contribution in [0, 0.1) is 5.41 Å². The molecule has 1 aliphatic rings. The summed E-state index contributed by atoms with van der Waals surface area (Å²) < 4.78 is 5.27. The summed E-state index contributed by atoms with van der Waals surface area (Å²) in [6.45, 7) is 6.23. The minimum absolute atomic E-state index is 0.0532. The Morgan fingerprint density at radius 1 is 1.39 bits per heavy atom. The molecule has 102 valence electrons. The Morgan fingerprint density at radius 2 is 2.06 bits per heavy atom. The Balaban J connectivity index is 1.89. The lowest BCUT2D eigenvalue weighted by Crippen LogP contribution is -2.26. The fourth-order valence-corrected chi connectivity index (χ4v) is 3.24. The van der Waals surface area contributed by atoms with Crippen molar-refractivity contribution in [3.8, 4) is 0 Å². The summed E-state index contributed by atoms with van der Waals surface area (Å²) in [5.41, 5.74) is 6.05. The number of aromatic nitrogens is 2. The smallest absolute Gasteiger partial charge is 0.244 e. The van der Waals surface area contributed by atoms with Crippen LogP contribution in [0.15, 0.2) is 4.52 Å². The first-order valence-electron chi connectivity index (χ1n) is 6.66. The van der Waals surface area contributed by atoms with Crippen LogP contribution in [0.4, 0.5) is 0 Å². The molecule has 0 aliphatic heterocycles. The molecule has 2 N–H and O–H groups in total. The van der Waals surface area contributed by atoms with Crippen molar-refractivity contribution in [3.63, 3.8) is 0 Å². The molecule has 1 aromatic heterocycles.